The molecule has 1 amide bonds. The number of benzene rings is 2. The molecular formula is C18H20FNO. The molecule has 0 saturated carbocycles. The van der Waals surface area contributed by atoms with Crippen LogP contribution in [0, 0.1) is 19.7 Å². The number of carbonyl (C=O) groups excluding carboxylic acids is 1. The zero-order chi connectivity index (χ0) is 15.4. The minimum Gasteiger partial charge on any atom is -0.345 e. The summed E-state index contributed by atoms with van der Waals surface area (Å²) in [6, 6.07) is 12.8. The molecule has 2 aromatic rings. The van der Waals surface area contributed by atoms with Crippen molar-refractivity contribution in [3.63, 3.8) is 0 Å². The number of hydrogen-bond donors (Lipinski definition) is 1. The first-order valence-corrected chi connectivity index (χ1v) is 7.15. The molecule has 2 aromatic carbocycles. The van der Waals surface area contributed by atoms with E-state index in [0.29, 0.717) is 5.56 Å². The maximum Gasteiger partial charge on any atom is 0.254 e. The van der Waals surface area contributed by atoms with Gasteiger partial charge in [0.05, 0.1) is 11.6 Å². The van der Waals surface area contributed by atoms with Crippen LogP contribution in [0.5, 0.6) is 0 Å². The largest absolute Gasteiger partial charge is 0.345 e. The quantitative estimate of drug-likeness (QED) is 0.890. The van der Waals surface area contributed by atoms with Crippen LogP contribution in [0.3, 0.4) is 0 Å². The number of halogens is 1. The molecule has 1 unspecified atom stereocenters. The highest BCUT2D eigenvalue weighted by molar-refractivity contribution is 5.94. The zero-order valence-corrected chi connectivity index (χ0v) is 12.6. The SMILES string of the molecule is CCC(NC(=O)c1cccc(C)c1F)c1ccc(C)cc1. The van der Waals surface area contributed by atoms with Crippen molar-refractivity contribution in [3.8, 4) is 0 Å². The fourth-order valence-corrected chi connectivity index (χ4v) is 2.28. The Morgan fingerprint density at radius 1 is 1.14 bits per heavy atom. The van der Waals surface area contributed by atoms with Gasteiger partial charge in [-0.3, -0.25) is 4.79 Å². The Balaban J connectivity index is 2.20. The second-order valence-corrected chi connectivity index (χ2v) is 5.28. The van der Waals surface area contributed by atoms with Crippen molar-refractivity contribution in [2.24, 2.45) is 0 Å². The summed E-state index contributed by atoms with van der Waals surface area (Å²) >= 11 is 0. The minimum absolute atomic E-state index is 0.0977. The standard InChI is InChI=1S/C18H20FNO/c1-4-16(14-10-8-12(2)9-11-14)20-18(21)15-7-5-6-13(3)17(15)19/h5-11,16H,4H2,1-3H3,(H,20,21). The lowest BCUT2D eigenvalue weighted by Gasteiger charge is -2.18. The topological polar surface area (TPSA) is 29.1 Å². The molecule has 0 radical (unpaired) electrons. The Bertz CT molecular complexity index is 634. The summed E-state index contributed by atoms with van der Waals surface area (Å²) in [6.07, 6.45) is 0.752. The van der Waals surface area contributed by atoms with Gasteiger partial charge in [0.1, 0.15) is 5.82 Å². The number of hydrogen-bond acceptors (Lipinski definition) is 1. The summed E-state index contributed by atoms with van der Waals surface area (Å²) < 4.78 is 14.0. The highest BCUT2D eigenvalue weighted by Crippen LogP contribution is 2.19. The van der Waals surface area contributed by atoms with Crippen LogP contribution in [-0.2, 0) is 0 Å². The Kier molecular flexibility index (Phi) is 4.73. The molecule has 0 aromatic heterocycles. The molecule has 2 rings (SSSR count). The van der Waals surface area contributed by atoms with E-state index in [1.54, 1.807) is 19.1 Å². The molecule has 0 heterocycles. The Morgan fingerprint density at radius 2 is 1.81 bits per heavy atom. The highest BCUT2D eigenvalue weighted by atomic mass is 19.1. The van der Waals surface area contributed by atoms with Crippen LogP contribution in [0.15, 0.2) is 42.5 Å². The van der Waals surface area contributed by atoms with Crippen LogP contribution in [0.2, 0.25) is 0 Å². The van der Waals surface area contributed by atoms with Crippen molar-refractivity contribution in [3.05, 3.63) is 70.5 Å². The van der Waals surface area contributed by atoms with Crippen molar-refractivity contribution >= 4 is 5.91 Å². The molecule has 0 aliphatic rings. The lowest BCUT2D eigenvalue weighted by atomic mass is 10.0. The van der Waals surface area contributed by atoms with E-state index in [1.807, 2.05) is 38.1 Å². The van der Waals surface area contributed by atoms with Gasteiger partial charge in [-0.25, -0.2) is 4.39 Å². The van der Waals surface area contributed by atoms with Crippen molar-refractivity contribution in [2.75, 3.05) is 0 Å². The Hall–Kier alpha value is -2.16. The van der Waals surface area contributed by atoms with E-state index in [2.05, 4.69) is 5.32 Å². The third kappa shape index (κ3) is 3.48. The highest BCUT2D eigenvalue weighted by Gasteiger charge is 2.17. The molecule has 110 valence electrons. The molecule has 0 fully saturated rings. The summed E-state index contributed by atoms with van der Waals surface area (Å²) in [6.45, 7) is 5.67. The summed E-state index contributed by atoms with van der Waals surface area (Å²) in [7, 11) is 0. The van der Waals surface area contributed by atoms with Crippen LogP contribution < -0.4 is 5.32 Å². The van der Waals surface area contributed by atoms with Gasteiger partial charge in [0.25, 0.3) is 5.91 Å². The average molecular weight is 285 g/mol. The molecular weight excluding hydrogens is 265 g/mol. The molecule has 0 aliphatic carbocycles. The van der Waals surface area contributed by atoms with E-state index in [1.165, 1.54) is 11.6 Å². The predicted molar refractivity (Wildman–Crippen MR) is 82.8 cm³/mol. The maximum absolute atomic E-state index is 14.0. The molecule has 2 nitrogen and oxygen atoms in total. The smallest absolute Gasteiger partial charge is 0.254 e. The molecule has 0 saturated heterocycles. The third-order valence-corrected chi connectivity index (χ3v) is 3.63. The number of aryl methyl sites for hydroxylation is 2. The molecule has 0 bridgehead atoms. The van der Waals surface area contributed by atoms with Crippen molar-refractivity contribution in [1.82, 2.24) is 5.32 Å². The van der Waals surface area contributed by atoms with Gasteiger partial charge < -0.3 is 5.32 Å². The summed E-state index contributed by atoms with van der Waals surface area (Å²) in [5, 5.41) is 2.91. The fourth-order valence-electron chi connectivity index (χ4n) is 2.28. The summed E-state index contributed by atoms with van der Waals surface area (Å²) in [4.78, 5) is 12.3. The van der Waals surface area contributed by atoms with Crippen molar-refractivity contribution in [2.45, 2.75) is 33.2 Å². The monoisotopic (exact) mass is 285 g/mol. The summed E-state index contributed by atoms with van der Waals surface area (Å²) in [5.41, 5.74) is 2.78. The first-order chi connectivity index (χ1) is 10.0. The van der Waals surface area contributed by atoms with Crippen LogP contribution in [0.4, 0.5) is 4.39 Å². The van der Waals surface area contributed by atoms with Gasteiger partial charge in [-0.1, -0.05) is 48.9 Å². The fraction of sp³-hybridized carbons (Fsp3) is 0.278. The Morgan fingerprint density at radius 3 is 2.43 bits per heavy atom. The van der Waals surface area contributed by atoms with Crippen LogP contribution in [0.25, 0.3) is 0 Å². The molecule has 0 spiro atoms. The minimum atomic E-state index is -0.450. The normalized spacial score (nSPS) is 12.0. The maximum atomic E-state index is 14.0. The molecule has 3 heteroatoms. The van der Waals surface area contributed by atoms with E-state index >= 15 is 0 Å². The molecule has 0 aliphatic heterocycles. The first-order valence-electron chi connectivity index (χ1n) is 7.15. The number of rotatable bonds is 4. The van der Waals surface area contributed by atoms with Crippen LogP contribution in [-0.4, -0.2) is 5.91 Å². The van der Waals surface area contributed by atoms with E-state index in [0.717, 1.165) is 12.0 Å². The molecule has 21 heavy (non-hydrogen) atoms. The number of carbonyl (C=O) groups is 1. The first kappa shape index (κ1) is 15.2. The van der Waals surface area contributed by atoms with Crippen LogP contribution in [0.1, 0.15) is 46.4 Å². The van der Waals surface area contributed by atoms with Gasteiger partial charge in [-0.15, -0.1) is 0 Å². The Labute approximate surface area is 125 Å². The van der Waals surface area contributed by atoms with Gasteiger partial charge in [0.15, 0.2) is 0 Å². The van der Waals surface area contributed by atoms with Crippen molar-refractivity contribution in [1.29, 1.82) is 0 Å². The third-order valence-electron chi connectivity index (χ3n) is 3.63. The number of nitrogens with one attached hydrogen (secondary N) is 1. The predicted octanol–water partition coefficient (Wildman–Crippen LogP) is 4.32. The second-order valence-electron chi connectivity index (χ2n) is 5.28. The van der Waals surface area contributed by atoms with Crippen LogP contribution >= 0.6 is 0 Å². The summed E-state index contributed by atoms with van der Waals surface area (Å²) in [5.74, 6) is -0.822. The van der Waals surface area contributed by atoms with Crippen molar-refractivity contribution < 1.29 is 9.18 Å². The van der Waals surface area contributed by atoms with E-state index < -0.39 is 5.82 Å². The lowest BCUT2D eigenvalue weighted by molar-refractivity contribution is 0.0931. The van der Waals surface area contributed by atoms with Gasteiger partial charge in [-0.2, -0.15) is 0 Å². The number of amides is 1. The molecule has 1 atom stereocenters. The average Bonchev–Trinajstić information content (AvgIpc) is 2.48. The van der Waals surface area contributed by atoms with E-state index in [4.69, 9.17) is 0 Å². The van der Waals surface area contributed by atoms with E-state index in [-0.39, 0.29) is 17.5 Å². The van der Waals surface area contributed by atoms with Gasteiger partial charge in [-0.05, 0) is 37.5 Å². The second kappa shape index (κ2) is 6.53. The van der Waals surface area contributed by atoms with Gasteiger partial charge >= 0.3 is 0 Å². The lowest BCUT2D eigenvalue weighted by Crippen LogP contribution is -2.29. The van der Waals surface area contributed by atoms with E-state index in [9.17, 15) is 9.18 Å². The zero-order valence-electron chi connectivity index (χ0n) is 12.6. The van der Waals surface area contributed by atoms with Gasteiger partial charge in [0, 0.05) is 0 Å². The van der Waals surface area contributed by atoms with Gasteiger partial charge in [0.2, 0.25) is 0 Å². The molecule has 1 N–H and O–H groups in total.